The largest absolute Gasteiger partial charge is 0.354 e. The number of nitrogens with zero attached hydrogens (tertiary/aromatic N) is 6. The number of hydrogen-bond acceptors (Lipinski definition) is 6. The van der Waals surface area contributed by atoms with Gasteiger partial charge in [-0.1, -0.05) is 30.3 Å². The van der Waals surface area contributed by atoms with Gasteiger partial charge in [0.1, 0.15) is 6.54 Å². The molecule has 0 bridgehead atoms. The van der Waals surface area contributed by atoms with Crippen molar-refractivity contribution in [3.05, 3.63) is 80.8 Å². The van der Waals surface area contributed by atoms with Gasteiger partial charge in [-0.2, -0.15) is 5.10 Å². The maximum Gasteiger partial charge on any atom is 0.275 e. The van der Waals surface area contributed by atoms with Gasteiger partial charge in [-0.3, -0.25) is 23.4 Å². The van der Waals surface area contributed by atoms with Gasteiger partial charge in [0.05, 0.1) is 16.3 Å². The lowest BCUT2D eigenvalue weighted by Crippen LogP contribution is -2.30. The van der Waals surface area contributed by atoms with Crippen molar-refractivity contribution in [1.82, 2.24) is 34.3 Å². The van der Waals surface area contributed by atoms with E-state index in [-0.39, 0.29) is 23.4 Å². The summed E-state index contributed by atoms with van der Waals surface area (Å²) < 4.78 is 4.49. The monoisotopic (exact) mass is 429 g/mol. The number of fused-ring (bicyclic) bond motifs is 4. The van der Waals surface area contributed by atoms with Crippen LogP contribution >= 0.6 is 0 Å². The van der Waals surface area contributed by atoms with Gasteiger partial charge in [-0.25, -0.2) is 4.68 Å². The third-order valence-corrected chi connectivity index (χ3v) is 5.49. The molecule has 1 N–H and O–H groups in total. The maximum absolute atomic E-state index is 13.2. The standard InChI is InChI=1S/C22H19N7O3/c1-3-27-20(31)15-10-6-7-11-16(15)29-17(24-25-22(27)29)12-28-21(32)14-9-5-4-8-13(14)18(26-28)19(30)23-2/h4-11H,3,12H2,1-2H3,(H,23,30). The first kappa shape index (κ1) is 19.6. The summed E-state index contributed by atoms with van der Waals surface area (Å²) in [6.45, 7) is 2.25. The van der Waals surface area contributed by atoms with Crippen LogP contribution in [0.4, 0.5) is 0 Å². The minimum atomic E-state index is -0.397. The molecule has 10 heteroatoms. The molecule has 0 aliphatic rings. The van der Waals surface area contributed by atoms with Crippen LogP contribution in [0.5, 0.6) is 0 Å². The number of aromatic nitrogens is 6. The second kappa shape index (κ2) is 7.41. The van der Waals surface area contributed by atoms with Crippen LogP contribution in [0.1, 0.15) is 23.2 Å². The third kappa shape index (κ3) is 2.80. The summed E-state index contributed by atoms with van der Waals surface area (Å²) in [5.74, 6) is 0.407. The van der Waals surface area contributed by atoms with Crippen molar-refractivity contribution in [2.75, 3.05) is 7.05 Å². The molecule has 0 unspecified atom stereocenters. The first-order valence-electron chi connectivity index (χ1n) is 10.1. The second-order valence-electron chi connectivity index (χ2n) is 7.25. The van der Waals surface area contributed by atoms with Crippen LogP contribution in [0.15, 0.2) is 58.1 Å². The average molecular weight is 429 g/mol. The lowest BCUT2D eigenvalue weighted by molar-refractivity contribution is 0.0957. The zero-order valence-corrected chi connectivity index (χ0v) is 17.4. The Kier molecular flexibility index (Phi) is 4.54. The Balaban J connectivity index is 1.79. The van der Waals surface area contributed by atoms with Crippen LogP contribution in [0, 0.1) is 0 Å². The fraction of sp³-hybridized carbons (Fsp3) is 0.182. The molecule has 0 fully saturated rings. The Morgan fingerprint density at radius 1 is 0.938 bits per heavy atom. The molecular formula is C22H19N7O3. The quantitative estimate of drug-likeness (QED) is 0.459. The number of benzene rings is 2. The van der Waals surface area contributed by atoms with Gasteiger partial charge in [0.15, 0.2) is 11.5 Å². The minimum absolute atomic E-state index is 0.0270. The summed E-state index contributed by atoms with van der Waals surface area (Å²) in [6.07, 6.45) is 0. The van der Waals surface area contributed by atoms with Crippen LogP contribution in [0.2, 0.25) is 0 Å². The minimum Gasteiger partial charge on any atom is -0.354 e. The first-order valence-corrected chi connectivity index (χ1v) is 10.1. The molecule has 0 aliphatic carbocycles. The molecule has 160 valence electrons. The molecule has 1 amide bonds. The second-order valence-corrected chi connectivity index (χ2v) is 7.25. The smallest absolute Gasteiger partial charge is 0.275 e. The van der Waals surface area contributed by atoms with Crippen molar-refractivity contribution in [1.29, 1.82) is 0 Å². The summed E-state index contributed by atoms with van der Waals surface area (Å²) in [5, 5.41) is 16.8. The molecule has 0 spiro atoms. The zero-order chi connectivity index (χ0) is 22.4. The molecule has 10 nitrogen and oxygen atoms in total. The average Bonchev–Trinajstić information content (AvgIpc) is 3.24. The summed E-state index contributed by atoms with van der Waals surface area (Å²) in [7, 11) is 1.51. The highest BCUT2D eigenvalue weighted by Gasteiger charge is 2.19. The molecule has 3 heterocycles. The van der Waals surface area contributed by atoms with E-state index in [9.17, 15) is 14.4 Å². The number of amides is 1. The summed E-state index contributed by atoms with van der Waals surface area (Å²) in [4.78, 5) is 38.5. The lowest BCUT2D eigenvalue weighted by Gasteiger charge is -2.11. The number of aryl methyl sites for hydroxylation is 1. The van der Waals surface area contributed by atoms with Crippen molar-refractivity contribution in [3.8, 4) is 0 Å². The van der Waals surface area contributed by atoms with E-state index in [4.69, 9.17) is 0 Å². The Labute approximate surface area is 180 Å². The highest BCUT2D eigenvalue weighted by molar-refractivity contribution is 6.04. The molecule has 2 aromatic carbocycles. The number of hydrogen-bond donors (Lipinski definition) is 1. The molecule has 5 rings (SSSR count). The van der Waals surface area contributed by atoms with E-state index in [0.717, 1.165) is 0 Å². The Morgan fingerprint density at radius 2 is 1.62 bits per heavy atom. The molecular weight excluding hydrogens is 410 g/mol. The SMILES string of the molecule is CCn1c(=O)c2ccccc2n2c(Cn3nc(C(=O)NC)c4ccccc4c3=O)nnc12. The van der Waals surface area contributed by atoms with E-state index in [0.29, 0.717) is 39.8 Å². The van der Waals surface area contributed by atoms with Gasteiger partial charge in [0.2, 0.25) is 5.78 Å². The molecule has 0 atom stereocenters. The Morgan fingerprint density at radius 3 is 2.34 bits per heavy atom. The highest BCUT2D eigenvalue weighted by Crippen LogP contribution is 2.16. The molecule has 32 heavy (non-hydrogen) atoms. The normalized spacial score (nSPS) is 11.4. The van der Waals surface area contributed by atoms with Gasteiger partial charge in [-0.15, -0.1) is 10.2 Å². The number of nitrogens with one attached hydrogen (secondary N) is 1. The molecule has 0 saturated heterocycles. The lowest BCUT2D eigenvalue weighted by atomic mass is 10.1. The first-order chi connectivity index (χ1) is 15.5. The van der Waals surface area contributed by atoms with E-state index in [1.54, 1.807) is 40.8 Å². The Hall–Kier alpha value is -4.34. The fourth-order valence-electron chi connectivity index (χ4n) is 3.96. The zero-order valence-electron chi connectivity index (χ0n) is 17.4. The van der Waals surface area contributed by atoms with Crippen LogP contribution in [-0.2, 0) is 13.1 Å². The van der Waals surface area contributed by atoms with Crippen molar-refractivity contribution in [2.24, 2.45) is 0 Å². The van der Waals surface area contributed by atoms with E-state index in [2.05, 4.69) is 20.6 Å². The predicted octanol–water partition coefficient (Wildman–Crippen LogP) is 1.18. The molecule has 0 aliphatic heterocycles. The fourth-order valence-corrected chi connectivity index (χ4v) is 3.96. The molecule has 5 aromatic rings. The van der Waals surface area contributed by atoms with Gasteiger partial charge >= 0.3 is 0 Å². The molecule has 3 aromatic heterocycles. The van der Waals surface area contributed by atoms with Crippen LogP contribution in [0.3, 0.4) is 0 Å². The van der Waals surface area contributed by atoms with Crippen LogP contribution in [-0.4, -0.2) is 41.9 Å². The van der Waals surface area contributed by atoms with E-state index >= 15 is 0 Å². The predicted molar refractivity (Wildman–Crippen MR) is 119 cm³/mol. The maximum atomic E-state index is 13.2. The number of carbonyl (C=O) groups excluding carboxylic acids is 1. The topological polar surface area (TPSA) is 116 Å². The van der Waals surface area contributed by atoms with Crippen LogP contribution < -0.4 is 16.4 Å². The van der Waals surface area contributed by atoms with E-state index in [1.807, 2.05) is 19.1 Å². The number of rotatable bonds is 4. The van der Waals surface area contributed by atoms with Gasteiger partial charge in [0, 0.05) is 19.0 Å². The van der Waals surface area contributed by atoms with E-state index < -0.39 is 5.91 Å². The van der Waals surface area contributed by atoms with E-state index in [1.165, 1.54) is 16.3 Å². The summed E-state index contributed by atoms with van der Waals surface area (Å²) >= 11 is 0. The highest BCUT2D eigenvalue weighted by atomic mass is 16.2. The third-order valence-electron chi connectivity index (χ3n) is 5.49. The molecule has 0 radical (unpaired) electrons. The number of para-hydroxylation sites is 1. The van der Waals surface area contributed by atoms with Crippen LogP contribution in [0.25, 0.3) is 27.5 Å². The van der Waals surface area contributed by atoms with Crippen molar-refractivity contribution >= 4 is 33.4 Å². The van der Waals surface area contributed by atoms with Crippen molar-refractivity contribution in [2.45, 2.75) is 20.0 Å². The van der Waals surface area contributed by atoms with Gasteiger partial charge in [-0.05, 0) is 25.1 Å². The van der Waals surface area contributed by atoms with Gasteiger partial charge < -0.3 is 5.32 Å². The number of carbonyl (C=O) groups is 1. The van der Waals surface area contributed by atoms with Crippen molar-refractivity contribution < 1.29 is 4.79 Å². The van der Waals surface area contributed by atoms with Crippen molar-refractivity contribution in [3.63, 3.8) is 0 Å². The summed E-state index contributed by atoms with van der Waals surface area (Å²) in [5.41, 5.74) is 0.278. The Bertz CT molecular complexity index is 1650. The molecule has 0 saturated carbocycles. The summed E-state index contributed by atoms with van der Waals surface area (Å²) in [6, 6.07) is 14.0. The van der Waals surface area contributed by atoms with Gasteiger partial charge in [0.25, 0.3) is 17.0 Å².